The standard InChI is InChI=1S/C18H21ClN4O3S/c1-4-7-23-16(25)13-6-5-12(19)8-14(13)21-18(23)27-10-15(24)22-17(26)20-9-11(2)3/h4-6,8,11H,1,7,9-10H2,2-3H3,(H2,20,22,24,26). The molecule has 0 saturated heterocycles. The van der Waals surface area contributed by atoms with Crippen molar-refractivity contribution in [2.45, 2.75) is 25.5 Å². The molecule has 0 aliphatic rings. The molecule has 2 aromatic rings. The highest BCUT2D eigenvalue weighted by Gasteiger charge is 2.14. The number of amides is 3. The van der Waals surface area contributed by atoms with E-state index in [4.69, 9.17) is 11.6 Å². The Morgan fingerprint density at radius 1 is 1.41 bits per heavy atom. The van der Waals surface area contributed by atoms with Gasteiger partial charge in [0.05, 0.1) is 16.7 Å². The van der Waals surface area contributed by atoms with E-state index in [1.807, 2.05) is 13.8 Å². The van der Waals surface area contributed by atoms with Crippen molar-refractivity contribution in [3.05, 3.63) is 46.2 Å². The summed E-state index contributed by atoms with van der Waals surface area (Å²) < 4.78 is 1.43. The van der Waals surface area contributed by atoms with Crippen LogP contribution in [0.5, 0.6) is 0 Å². The van der Waals surface area contributed by atoms with E-state index < -0.39 is 11.9 Å². The number of urea groups is 1. The third-order valence-electron chi connectivity index (χ3n) is 3.45. The van der Waals surface area contributed by atoms with Crippen molar-refractivity contribution in [3.8, 4) is 0 Å². The molecule has 0 radical (unpaired) electrons. The highest BCUT2D eigenvalue weighted by Crippen LogP contribution is 2.20. The van der Waals surface area contributed by atoms with Gasteiger partial charge in [-0.15, -0.1) is 6.58 Å². The van der Waals surface area contributed by atoms with Gasteiger partial charge in [0.25, 0.3) is 5.56 Å². The van der Waals surface area contributed by atoms with Gasteiger partial charge in [-0.1, -0.05) is 43.3 Å². The molecular weight excluding hydrogens is 388 g/mol. The van der Waals surface area contributed by atoms with E-state index in [1.165, 1.54) is 4.57 Å². The summed E-state index contributed by atoms with van der Waals surface area (Å²) in [5.74, 6) is -0.265. The highest BCUT2D eigenvalue weighted by atomic mass is 35.5. The zero-order valence-corrected chi connectivity index (χ0v) is 16.7. The molecule has 0 aliphatic heterocycles. The molecule has 0 unspecified atom stereocenters. The highest BCUT2D eigenvalue weighted by molar-refractivity contribution is 7.99. The number of nitrogens with zero attached hydrogens (tertiary/aromatic N) is 2. The smallest absolute Gasteiger partial charge is 0.321 e. The minimum absolute atomic E-state index is 0.0647. The number of carbonyl (C=O) groups is 2. The summed E-state index contributed by atoms with van der Waals surface area (Å²) >= 11 is 7.05. The third-order valence-corrected chi connectivity index (χ3v) is 4.66. The number of thioether (sulfide) groups is 1. The predicted molar refractivity (Wildman–Crippen MR) is 108 cm³/mol. The van der Waals surface area contributed by atoms with Crippen LogP contribution in [-0.4, -0.2) is 33.8 Å². The van der Waals surface area contributed by atoms with Crippen molar-refractivity contribution < 1.29 is 9.59 Å². The quantitative estimate of drug-likeness (QED) is 0.417. The molecule has 1 aromatic heterocycles. The van der Waals surface area contributed by atoms with Crippen molar-refractivity contribution in [2.24, 2.45) is 5.92 Å². The molecule has 0 spiro atoms. The average molecular weight is 409 g/mol. The summed E-state index contributed by atoms with van der Waals surface area (Å²) in [6.45, 7) is 8.28. The molecule has 2 N–H and O–H groups in total. The summed E-state index contributed by atoms with van der Waals surface area (Å²) in [6.07, 6.45) is 1.58. The molecule has 0 bridgehead atoms. The Morgan fingerprint density at radius 2 is 2.15 bits per heavy atom. The maximum Gasteiger partial charge on any atom is 0.321 e. The largest absolute Gasteiger partial charge is 0.338 e. The molecular formula is C18H21ClN4O3S. The number of nitrogens with one attached hydrogen (secondary N) is 2. The van der Waals surface area contributed by atoms with Crippen molar-refractivity contribution in [1.82, 2.24) is 20.2 Å². The van der Waals surface area contributed by atoms with Crippen LogP contribution in [0, 0.1) is 5.92 Å². The topological polar surface area (TPSA) is 93.1 Å². The second-order valence-corrected chi connectivity index (χ2v) is 7.58. The van der Waals surface area contributed by atoms with Crippen LogP contribution in [0.3, 0.4) is 0 Å². The van der Waals surface area contributed by atoms with Crippen LogP contribution in [-0.2, 0) is 11.3 Å². The lowest BCUT2D eigenvalue weighted by molar-refractivity contribution is -0.117. The summed E-state index contributed by atoms with van der Waals surface area (Å²) in [4.78, 5) is 40.8. The van der Waals surface area contributed by atoms with Crippen LogP contribution >= 0.6 is 23.4 Å². The van der Waals surface area contributed by atoms with Crippen LogP contribution in [0.2, 0.25) is 5.02 Å². The molecule has 0 aliphatic carbocycles. The predicted octanol–water partition coefficient (Wildman–Crippen LogP) is 2.81. The van der Waals surface area contributed by atoms with Gasteiger partial charge in [0.2, 0.25) is 5.91 Å². The fourth-order valence-electron chi connectivity index (χ4n) is 2.21. The number of benzene rings is 1. The number of allylic oxidation sites excluding steroid dienone is 1. The lowest BCUT2D eigenvalue weighted by Crippen LogP contribution is -2.41. The van der Waals surface area contributed by atoms with Crippen molar-refractivity contribution in [1.29, 1.82) is 0 Å². The van der Waals surface area contributed by atoms with Crippen LogP contribution in [0.25, 0.3) is 10.9 Å². The van der Waals surface area contributed by atoms with Gasteiger partial charge < -0.3 is 5.32 Å². The van der Waals surface area contributed by atoms with Gasteiger partial charge in [-0.05, 0) is 24.1 Å². The van der Waals surface area contributed by atoms with E-state index in [1.54, 1.807) is 24.3 Å². The Balaban J connectivity index is 2.16. The van der Waals surface area contributed by atoms with E-state index in [-0.39, 0.29) is 23.8 Å². The summed E-state index contributed by atoms with van der Waals surface area (Å²) in [5, 5.41) is 6.11. The molecule has 27 heavy (non-hydrogen) atoms. The molecule has 1 heterocycles. The number of rotatable bonds is 7. The van der Waals surface area contributed by atoms with E-state index >= 15 is 0 Å². The lowest BCUT2D eigenvalue weighted by Gasteiger charge is -2.12. The zero-order chi connectivity index (χ0) is 20.0. The Kier molecular flexibility index (Phi) is 7.44. The van der Waals surface area contributed by atoms with E-state index in [0.717, 1.165) is 11.8 Å². The van der Waals surface area contributed by atoms with Crippen LogP contribution in [0.15, 0.2) is 40.8 Å². The first-order valence-corrected chi connectivity index (χ1v) is 9.69. The van der Waals surface area contributed by atoms with Gasteiger partial charge >= 0.3 is 6.03 Å². The van der Waals surface area contributed by atoms with Gasteiger partial charge in [0.15, 0.2) is 5.16 Å². The first kappa shape index (κ1) is 21.0. The molecule has 9 heteroatoms. The molecule has 2 rings (SSSR count). The number of aromatic nitrogens is 2. The number of fused-ring (bicyclic) bond motifs is 1. The van der Waals surface area contributed by atoms with Crippen molar-refractivity contribution in [2.75, 3.05) is 12.3 Å². The van der Waals surface area contributed by atoms with Crippen molar-refractivity contribution >= 4 is 46.2 Å². The van der Waals surface area contributed by atoms with E-state index in [0.29, 0.717) is 27.6 Å². The fraction of sp³-hybridized carbons (Fsp3) is 0.333. The molecule has 0 saturated carbocycles. The van der Waals surface area contributed by atoms with Gasteiger partial charge in [-0.25, -0.2) is 9.78 Å². The third kappa shape index (κ3) is 5.83. The minimum Gasteiger partial charge on any atom is -0.338 e. The van der Waals surface area contributed by atoms with Crippen molar-refractivity contribution in [3.63, 3.8) is 0 Å². The molecule has 7 nitrogen and oxygen atoms in total. The van der Waals surface area contributed by atoms with Crippen LogP contribution < -0.4 is 16.2 Å². The molecule has 144 valence electrons. The van der Waals surface area contributed by atoms with Crippen LogP contribution in [0.4, 0.5) is 4.79 Å². The number of imide groups is 1. The first-order valence-electron chi connectivity index (χ1n) is 8.33. The van der Waals surface area contributed by atoms with Gasteiger partial charge in [-0.2, -0.15) is 0 Å². The average Bonchev–Trinajstić information content (AvgIpc) is 2.60. The minimum atomic E-state index is -0.545. The number of carbonyl (C=O) groups excluding carboxylic acids is 2. The SMILES string of the molecule is C=CCn1c(SCC(=O)NC(=O)NCC(C)C)nc2cc(Cl)ccc2c1=O. The Morgan fingerprint density at radius 3 is 2.81 bits per heavy atom. The molecule has 1 aromatic carbocycles. The Hall–Kier alpha value is -2.32. The van der Waals surface area contributed by atoms with Gasteiger partial charge in [0.1, 0.15) is 0 Å². The molecule has 0 fully saturated rings. The Bertz CT molecular complexity index is 927. The van der Waals surface area contributed by atoms with E-state index in [9.17, 15) is 14.4 Å². The monoisotopic (exact) mass is 408 g/mol. The lowest BCUT2D eigenvalue weighted by atomic mass is 10.2. The number of hydrogen-bond donors (Lipinski definition) is 2. The van der Waals surface area contributed by atoms with E-state index in [2.05, 4.69) is 22.2 Å². The van der Waals surface area contributed by atoms with Gasteiger partial charge in [-0.3, -0.25) is 19.5 Å². The fourth-order valence-corrected chi connectivity index (χ4v) is 3.18. The Labute approximate surface area is 166 Å². The normalized spacial score (nSPS) is 10.8. The molecule has 0 atom stereocenters. The maximum absolute atomic E-state index is 12.7. The zero-order valence-electron chi connectivity index (χ0n) is 15.1. The summed E-state index contributed by atoms with van der Waals surface area (Å²) in [5.41, 5.74) is 0.208. The summed E-state index contributed by atoms with van der Waals surface area (Å²) in [6, 6.07) is 4.30. The molecule has 3 amide bonds. The second kappa shape index (κ2) is 9.57. The maximum atomic E-state index is 12.7. The number of halogens is 1. The van der Waals surface area contributed by atoms with Gasteiger partial charge in [0, 0.05) is 18.1 Å². The summed E-state index contributed by atoms with van der Waals surface area (Å²) in [7, 11) is 0. The van der Waals surface area contributed by atoms with Crippen LogP contribution in [0.1, 0.15) is 13.8 Å². The first-order chi connectivity index (χ1) is 12.8. The second-order valence-electron chi connectivity index (χ2n) is 6.20. The number of hydrogen-bond acceptors (Lipinski definition) is 5.